The Hall–Kier alpha value is -3.44. The van der Waals surface area contributed by atoms with Crippen LogP contribution in [0.2, 0.25) is 0 Å². The molecule has 0 bridgehead atoms. The van der Waals surface area contributed by atoms with Crippen molar-refractivity contribution in [3.63, 3.8) is 0 Å². The first-order valence-corrected chi connectivity index (χ1v) is 14.7. The van der Waals surface area contributed by atoms with Crippen molar-refractivity contribution < 1.29 is 0 Å². The Bertz CT molecular complexity index is 1500. The van der Waals surface area contributed by atoms with Crippen molar-refractivity contribution >= 4 is 65.9 Å². The van der Waals surface area contributed by atoms with Crippen LogP contribution < -0.4 is 0 Å². The van der Waals surface area contributed by atoms with Gasteiger partial charge in [-0.2, -0.15) is 0 Å². The first kappa shape index (κ1) is 23.0. The highest BCUT2D eigenvalue weighted by Gasteiger charge is 2.10. The van der Waals surface area contributed by atoms with Gasteiger partial charge in [0.25, 0.3) is 0 Å². The largest absolute Gasteiger partial charge is 0.230 e. The lowest BCUT2D eigenvalue weighted by Crippen LogP contribution is -1.65. The molecule has 0 saturated heterocycles. The molecule has 6 rings (SSSR count). The van der Waals surface area contributed by atoms with Crippen LogP contribution in [0.3, 0.4) is 0 Å². The van der Waals surface area contributed by atoms with E-state index in [2.05, 4.69) is 42.6 Å². The van der Waals surface area contributed by atoms with E-state index in [1.165, 1.54) is 22.7 Å². The fraction of sp³-hybridized carbons (Fsp3) is 0. The minimum Gasteiger partial charge on any atom is -0.224 e. The molecule has 0 aliphatic heterocycles. The minimum atomic E-state index is 0.627. The number of hydrogen-bond donors (Lipinski definition) is 0. The van der Waals surface area contributed by atoms with Gasteiger partial charge in [0.1, 0.15) is 0 Å². The molecule has 2 heterocycles. The molecular formula is C26H16N6S4. The van der Waals surface area contributed by atoms with E-state index in [-0.39, 0.29) is 0 Å². The number of aromatic nitrogens is 2. The smallest absolute Gasteiger partial charge is 0.224 e. The molecule has 0 unspecified atom stereocenters. The van der Waals surface area contributed by atoms with Gasteiger partial charge in [0.15, 0.2) is 0 Å². The van der Waals surface area contributed by atoms with Crippen LogP contribution in [0.4, 0.5) is 21.6 Å². The summed E-state index contributed by atoms with van der Waals surface area (Å²) in [5.74, 6) is 0. The van der Waals surface area contributed by atoms with E-state index in [1.54, 1.807) is 21.6 Å². The average molecular weight is 541 g/mol. The number of nitrogens with zero attached hydrogens (tertiary/aromatic N) is 6. The first-order valence-electron chi connectivity index (χ1n) is 10.9. The van der Waals surface area contributed by atoms with E-state index in [9.17, 15) is 0 Å². The molecule has 10 heteroatoms. The van der Waals surface area contributed by atoms with E-state index in [0.29, 0.717) is 10.3 Å². The van der Waals surface area contributed by atoms with Gasteiger partial charge in [-0.25, -0.2) is 9.97 Å². The van der Waals surface area contributed by atoms with E-state index in [1.807, 2.05) is 85.2 Å². The molecule has 2 aromatic heterocycles. The van der Waals surface area contributed by atoms with Crippen LogP contribution in [0.15, 0.2) is 126 Å². The maximum Gasteiger partial charge on any atom is 0.230 e. The van der Waals surface area contributed by atoms with Gasteiger partial charge in [0, 0.05) is 11.1 Å². The number of hydrogen-bond acceptors (Lipinski definition) is 10. The van der Waals surface area contributed by atoms with Crippen LogP contribution in [0.1, 0.15) is 0 Å². The molecule has 6 nitrogen and oxygen atoms in total. The highest BCUT2D eigenvalue weighted by atomic mass is 33.1. The molecule has 4 aliphatic rings. The van der Waals surface area contributed by atoms with Crippen LogP contribution in [-0.2, 0) is 0 Å². The number of thiazole rings is 2. The predicted molar refractivity (Wildman–Crippen MR) is 150 cm³/mol. The Labute approximate surface area is 223 Å². The van der Waals surface area contributed by atoms with Gasteiger partial charge in [0.05, 0.1) is 32.2 Å². The zero-order chi connectivity index (χ0) is 24.2. The fourth-order valence-electron chi connectivity index (χ4n) is 3.52. The average Bonchev–Trinajstić information content (AvgIpc) is 3.64. The van der Waals surface area contributed by atoms with Gasteiger partial charge in [-0.15, -0.1) is 20.5 Å². The second kappa shape index (κ2) is 10.7. The third-order valence-corrected chi connectivity index (χ3v) is 10.1. The van der Waals surface area contributed by atoms with Crippen molar-refractivity contribution in [1.82, 2.24) is 9.97 Å². The third kappa shape index (κ3) is 5.21. The summed E-state index contributed by atoms with van der Waals surface area (Å²) >= 11 is 3.01. The van der Waals surface area contributed by atoms with E-state index in [0.717, 1.165) is 42.0 Å². The number of azo groups is 2. The van der Waals surface area contributed by atoms with Crippen molar-refractivity contribution in [2.75, 3.05) is 0 Å². The fourth-order valence-corrected chi connectivity index (χ4v) is 7.51. The summed E-state index contributed by atoms with van der Waals surface area (Å²) in [6.45, 7) is 0. The highest BCUT2D eigenvalue weighted by Crippen LogP contribution is 2.45. The second-order valence-electron chi connectivity index (χ2n) is 7.49. The van der Waals surface area contributed by atoms with Gasteiger partial charge in [-0.1, -0.05) is 95.5 Å². The van der Waals surface area contributed by atoms with Crippen molar-refractivity contribution in [1.29, 1.82) is 0 Å². The van der Waals surface area contributed by atoms with Crippen LogP contribution in [0, 0.1) is 0 Å². The maximum atomic E-state index is 4.42. The van der Waals surface area contributed by atoms with Crippen LogP contribution in [-0.4, -0.2) is 9.97 Å². The molecular weight excluding hydrogens is 525 g/mol. The summed E-state index contributed by atoms with van der Waals surface area (Å²) in [5.41, 5.74) is 6.11. The monoisotopic (exact) mass is 540 g/mol. The molecule has 0 N–H and O–H groups in total. The molecule has 0 spiro atoms. The van der Waals surface area contributed by atoms with Crippen molar-refractivity contribution in [3.05, 3.63) is 97.3 Å². The van der Waals surface area contributed by atoms with E-state index < -0.39 is 0 Å². The Balaban J connectivity index is 1.07. The van der Waals surface area contributed by atoms with Crippen LogP contribution in [0.25, 0.3) is 22.3 Å². The number of fused-ring (bicyclic) bond motifs is 2. The molecule has 0 atom stereocenters. The summed E-state index contributed by atoms with van der Waals surface area (Å²) in [7, 11) is 3.24. The highest BCUT2D eigenvalue weighted by molar-refractivity contribution is 8.77. The zero-order valence-electron chi connectivity index (χ0n) is 18.6. The van der Waals surface area contributed by atoms with Gasteiger partial charge in [0.2, 0.25) is 10.3 Å². The standard InChI is InChI=1S/C26H16N6S4/c1-3-7-17-11-13-21(19(17)9-5-1)29-31-25-27-15-23(33-25)35-36-24-16-28-26(34-24)32-30-22-14-12-18-8-4-2-6-10-20(18)22/h1-16H. The normalized spacial score (nSPS) is 11.9. The third-order valence-electron chi connectivity index (χ3n) is 5.17. The lowest BCUT2D eigenvalue weighted by atomic mass is 10.2. The lowest BCUT2D eigenvalue weighted by Gasteiger charge is -1.93. The van der Waals surface area contributed by atoms with E-state index >= 15 is 0 Å². The zero-order valence-corrected chi connectivity index (χ0v) is 21.8. The van der Waals surface area contributed by atoms with Gasteiger partial charge >= 0.3 is 0 Å². The maximum absolute atomic E-state index is 4.42. The molecule has 0 saturated carbocycles. The summed E-state index contributed by atoms with van der Waals surface area (Å²) < 4.78 is 2.08. The topological polar surface area (TPSA) is 75.2 Å². The Kier molecular flexibility index (Phi) is 6.81. The lowest BCUT2D eigenvalue weighted by molar-refractivity contribution is 1.20. The minimum absolute atomic E-state index is 0.627. The van der Waals surface area contributed by atoms with Gasteiger partial charge < -0.3 is 0 Å². The summed E-state index contributed by atoms with van der Waals surface area (Å²) in [4.78, 5) is 8.78. The summed E-state index contributed by atoms with van der Waals surface area (Å²) in [6, 6.07) is 28.4. The molecule has 0 fully saturated rings. The van der Waals surface area contributed by atoms with Gasteiger partial charge in [-0.3, -0.25) is 0 Å². The Morgan fingerprint density at radius 2 is 0.972 bits per heavy atom. The Morgan fingerprint density at radius 3 is 1.47 bits per heavy atom. The predicted octanol–water partition coefficient (Wildman–Crippen LogP) is 10.4. The van der Waals surface area contributed by atoms with Crippen LogP contribution in [0.5, 0.6) is 0 Å². The molecule has 0 aromatic carbocycles. The van der Waals surface area contributed by atoms with Crippen molar-refractivity contribution in [2.45, 2.75) is 8.42 Å². The SMILES string of the molecule is c1ccc2ccc(N=Nc3ncc(SSc4cnc(N=Nc5ccc6cccccc5-6)s4)s3)c-2cc1. The molecule has 0 radical (unpaired) electrons. The molecule has 2 aromatic rings. The van der Waals surface area contributed by atoms with Gasteiger partial charge in [-0.05, 0) is 44.8 Å². The van der Waals surface area contributed by atoms with E-state index in [4.69, 9.17) is 0 Å². The van der Waals surface area contributed by atoms with Crippen molar-refractivity contribution in [2.24, 2.45) is 20.5 Å². The molecule has 174 valence electrons. The molecule has 36 heavy (non-hydrogen) atoms. The quantitative estimate of drug-likeness (QED) is 0.149. The molecule has 4 aliphatic carbocycles. The summed E-state index contributed by atoms with van der Waals surface area (Å²) in [5, 5.41) is 18.8. The summed E-state index contributed by atoms with van der Waals surface area (Å²) in [6.07, 6.45) is 3.64. The van der Waals surface area contributed by atoms with Crippen LogP contribution >= 0.6 is 44.3 Å². The number of rotatable bonds is 7. The first-order chi connectivity index (χ1) is 17.8. The Morgan fingerprint density at radius 1 is 0.500 bits per heavy atom. The van der Waals surface area contributed by atoms with Crippen molar-refractivity contribution in [3.8, 4) is 22.3 Å². The second-order valence-corrected chi connectivity index (χ2v) is 12.2. The molecule has 0 amide bonds.